The van der Waals surface area contributed by atoms with Gasteiger partial charge in [-0.25, -0.2) is 0 Å². The molecule has 0 aliphatic carbocycles. The first kappa shape index (κ1) is 17.7. The normalized spacial score (nSPS) is 10.4. The maximum atomic E-state index is 12.1. The van der Waals surface area contributed by atoms with Crippen molar-refractivity contribution in [1.82, 2.24) is 15.1 Å². The molecule has 24 heavy (non-hydrogen) atoms. The van der Waals surface area contributed by atoms with Crippen molar-refractivity contribution in [3.63, 3.8) is 0 Å². The van der Waals surface area contributed by atoms with Gasteiger partial charge in [-0.2, -0.15) is 10.4 Å². The Kier molecular flexibility index (Phi) is 6.14. The summed E-state index contributed by atoms with van der Waals surface area (Å²) in [5.41, 5.74) is 5.42. The molecule has 2 rings (SSSR count). The van der Waals surface area contributed by atoms with Gasteiger partial charge in [0.05, 0.1) is 24.7 Å². The third-order valence-electron chi connectivity index (χ3n) is 4.18. The minimum absolute atomic E-state index is 0.0409. The summed E-state index contributed by atoms with van der Waals surface area (Å²) >= 11 is 0. The first-order valence-corrected chi connectivity index (χ1v) is 8.23. The molecule has 0 aliphatic rings. The fraction of sp³-hybridized carbons (Fsp3) is 0.421. The highest BCUT2D eigenvalue weighted by Crippen LogP contribution is 2.15. The average molecular weight is 324 g/mol. The maximum Gasteiger partial charge on any atom is 0.220 e. The lowest BCUT2D eigenvalue weighted by atomic mass is 10.1. The molecule has 0 bridgehead atoms. The van der Waals surface area contributed by atoms with Crippen LogP contribution in [0.25, 0.3) is 0 Å². The smallest absolute Gasteiger partial charge is 0.220 e. The fourth-order valence-electron chi connectivity index (χ4n) is 2.70. The zero-order valence-electron chi connectivity index (χ0n) is 14.6. The summed E-state index contributed by atoms with van der Waals surface area (Å²) in [6.07, 6.45) is 1.56. The zero-order valence-corrected chi connectivity index (χ0v) is 14.6. The van der Waals surface area contributed by atoms with Crippen molar-refractivity contribution < 1.29 is 4.79 Å². The van der Waals surface area contributed by atoms with Crippen molar-refractivity contribution >= 4 is 5.91 Å². The number of nitrogens with zero attached hydrogens (tertiary/aromatic N) is 3. The minimum atomic E-state index is 0.0409. The highest BCUT2D eigenvalue weighted by atomic mass is 16.1. The molecule has 1 amide bonds. The van der Waals surface area contributed by atoms with Gasteiger partial charge < -0.3 is 5.32 Å². The molecule has 5 nitrogen and oxygen atoms in total. The molecule has 126 valence electrons. The topological polar surface area (TPSA) is 70.7 Å². The molecule has 0 saturated heterocycles. The largest absolute Gasteiger partial charge is 0.352 e. The summed E-state index contributed by atoms with van der Waals surface area (Å²) in [4.78, 5) is 12.1. The summed E-state index contributed by atoms with van der Waals surface area (Å²) in [7, 11) is 0. The number of carbonyl (C=O) groups excluding carboxylic acids is 1. The van der Waals surface area contributed by atoms with Crippen LogP contribution in [0, 0.1) is 32.1 Å². The van der Waals surface area contributed by atoms with Crippen LogP contribution in [0.5, 0.6) is 0 Å². The van der Waals surface area contributed by atoms with Crippen molar-refractivity contribution in [1.29, 1.82) is 5.26 Å². The molecule has 1 aromatic carbocycles. The summed E-state index contributed by atoms with van der Waals surface area (Å²) in [6, 6.07) is 10.3. The second-order valence-corrected chi connectivity index (χ2v) is 6.04. The number of aryl methyl sites for hydroxylation is 3. The molecule has 0 unspecified atom stereocenters. The molecule has 0 aliphatic heterocycles. The van der Waals surface area contributed by atoms with E-state index in [2.05, 4.69) is 16.5 Å². The Bertz CT molecular complexity index is 738. The van der Waals surface area contributed by atoms with E-state index in [0.29, 0.717) is 32.4 Å². The Morgan fingerprint density at radius 1 is 1.25 bits per heavy atom. The SMILES string of the molecule is Cc1ccc(CNC(=O)CCc2c(C)nn(CCC#N)c2C)cc1. The van der Waals surface area contributed by atoms with E-state index in [1.165, 1.54) is 5.56 Å². The number of aromatic nitrogens is 2. The van der Waals surface area contributed by atoms with Crippen LogP contribution in [-0.4, -0.2) is 15.7 Å². The summed E-state index contributed by atoms with van der Waals surface area (Å²) in [6.45, 7) is 7.15. The van der Waals surface area contributed by atoms with Gasteiger partial charge in [-0.1, -0.05) is 29.8 Å². The predicted molar refractivity (Wildman–Crippen MR) is 93.3 cm³/mol. The lowest BCUT2D eigenvalue weighted by molar-refractivity contribution is -0.121. The van der Waals surface area contributed by atoms with Gasteiger partial charge in [-0.05, 0) is 38.3 Å². The summed E-state index contributed by atoms with van der Waals surface area (Å²) in [5, 5.41) is 16.1. The van der Waals surface area contributed by atoms with Gasteiger partial charge in [0, 0.05) is 18.7 Å². The van der Waals surface area contributed by atoms with Crippen molar-refractivity contribution in [3.05, 3.63) is 52.3 Å². The molecule has 1 N–H and O–H groups in total. The molecule has 0 saturated carbocycles. The third-order valence-corrected chi connectivity index (χ3v) is 4.18. The Morgan fingerprint density at radius 3 is 2.62 bits per heavy atom. The van der Waals surface area contributed by atoms with Crippen LogP contribution in [0.4, 0.5) is 0 Å². The monoisotopic (exact) mass is 324 g/mol. The molecule has 0 fully saturated rings. The number of hydrogen-bond donors (Lipinski definition) is 1. The van der Waals surface area contributed by atoms with Gasteiger partial charge in [0.2, 0.25) is 5.91 Å². The highest BCUT2D eigenvalue weighted by Gasteiger charge is 2.12. The van der Waals surface area contributed by atoms with E-state index in [1.807, 2.05) is 49.7 Å². The second kappa shape index (κ2) is 8.30. The summed E-state index contributed by atoms with van der Waals surface area (Å²) < 4.78 is 1.86. The van der Waals surface area contributed by atoms with Crippen LogP contribution in [0.15, 0.2) is 24.3 Å². The average Bonchev–Trinajstić information content (AvgIpc) is 2.84. The number of benzene rings is 1. The van der Waals surface area contributed by atoms with E-state index in [1.54, 1.807) is 0 Å². The predicted octanol–water partition coefficient (Wildman–Crippen LogP) is 2.97. The first-order chi connectivity index (χ1) is 11.5. The van der Waals surface area contributed by atoms with Gasteiger partial charge in [-0.15, -0.1) is 0 Å². The van der Waals surface area contributed by atoms with Crippen molar-refractivity contribution in [2.24, 2.45) is 0 Å². The Hall–Kier alpha value is -2.61. The van der Waals surface area contributed by atoms with Crippen molar-refractivity contribution in [2.75, 3.05) is 0 Å². The van der Waals surface area contributed by atoms with Gasteiger partial charge in [-0.3, -0.25) is 9.48 Å². The molecule has 1 aromatic heterocycles. The van der Waals surface area contributed by atoms with E-state index >= 15 is 0 Å². The molecule has 5 heteroatoms. The Labute approximate surface area is 143 Å². The lowest BCUT2D eigenvalue weighted by Crippen LogP contribution is -2.23. The standard InChI is InChI=1S/C19H24N4O/c1-14-5-7-17(8-6-14)13-21-19(24)10-9-18-15(2)22-23(16(18)3)12-4-11-20/h5-8H,4,9-10,12-13H2,1-3H3,(H,21,24). The van der Waals surface area contributed by atoms with Gasteiger partial charge in [0.15, 0.2) is 0 Å². The van der Waals surface area contributed by atoms with Crippen LogP contribution in [0.3, 0.4) is 0 Å². The van der Waals surface area contributed by atoms with Crippen LogP contribution in [0.2, 0.25) is 0 Å². The number of carbonyl (C=O) groups is 1. The van der Waals surface area contributed by atoms with E-state index < -0.39 is 0 Å². The maximum absolute atomic E-state index is 12.1. The number of nitriles is 1. The molecule has 2 aromatic rings. The number of rotatable bonds is 7. The Balaban J connectivity index is 1.86. The molecular formula is C19H24N4O. The molecule has 0 radical (unpaired) electrons. The zero-order chi connectivity index (χ0) is 17.5. The lowest BCUT2D eigenvalue weighted by Gasteiger charge is -2.07. The molecule has 0 atom stereocenters. The van der Waals surface area contributed by atoms with Crippen molar-refractivity contribution in [2.45, 2.75) is 53.1 Å². The van der Waals surface area contributed by atoms with E-state index in [9.17, 15) is 4.79 Å². The van der Waals surface area contributed by atoms with E-state index in [4.69, 9.17) is 5.26 Å². The number of hydrogen-bond acceptors (Lipinski definition) is 3. The highest BCUT2D eigenvalue weighted by molar-refractivity contribution is 5.76. The van der Waals surface area contributed by atoms with Crippen LogP contribution >= 0.6 is 0 Å². The molecular weight excluding hydrogens is 300 g/mol. The number of nitrogens with one attached hydrogen (secondary N) is 1. The van der Waals surface area contributed by atoms with Gasteiger partial charge in [0.25, 0.3) is 0 Å². The van der Waals surface area contributed by atoms with E-state index in [0.717, 1.165) is 22.5 Å². The first-order valence-electron chi connectivity index (χ1n) is 8.23. The van der Waals surface area contributed by atoms with Crippen LogP contribution in [0.1, 0.15) is 40.9 Å². The van der Waals surface area contributed by atoms with Crippen LogP contribution in [-0.2, 0) is 24.3 Å². The van der Waals surface area contributed by atoms with Crippen molar-refractivity contribution in [3.8, 4) is 6.07 Å². The number of amides is 1. The second-order valence-electron chi connectivity index (χ2n) is 6.04. The van der Waals surface area contributed by atoms with Gasteiger partial charge >= 0.3 is 0 Å². The fourth-order valence-corrected chi connectivity index (χ4v) is 2.70. The molecule has 0 spiro atoms. The third kappa shape index (κ3) is 4.69. The minimum Gasteiger partial charge on any atom is -0.352 e. The quantitative estimate of drug-likeness (QED) is 0.851. The van der Waals surface area contributed by atoms with Gasteiger partial charge in [0.1, 0.15) is 0 Å². The van der Waals surface area contributed by atoms with Crippen LogP contribution < -0.4 is 5.32 Å². The Morgan fingerprint density at radius 2 is 1.96 bits per heavy atom. The molecule has 1 heterocycles. The van der Waals surface area contributed by atoms with E-state index in [-0.39, 0.29) is 5.91 Å². The summed E-state index contributed by atoms with van der Waals surface area (Å²) in [5.74, 6) is 0.0409.